The predicted octanol–water partition coefficient (Wildman–Crippen LogP) is 4.27. The van der Waals surface area contributed by atoms with Crippen LogP contribution in [0.5, 0.6) is 0 Å². The Morgan fingerprint density at radius 3 is 2.44 bits per heavy atom. The number of ether oxygens (including phenoxy) is 1. The van der Waals surface area contributed by atoms with Crippen molar-refractivity contribution in [1.82, 2.24) is 14.7 Å². The lowest BCUT2D eigenvalue weighted by molar-refractivity contribution is -0.0400. The van der Waals surface area contributed by atoms with Crippen LogP contribution in [0.15, 0.2) is 18.2 Å². The van der Waals surface area contributed by atoms with Gasteiger partial charge in [0.2, 0.25) is 0 Å². The van der Waals surface area contributed by atoms with Gasteiger partial charge in [-0.1, -0.05) is 23.8 Å². The largest absolute Gasteiger partial charge is 0.444 e. The van der Waals surface area contributed by atoms with Crippen molar-refractivity contribution in [3.63, 3.8) is 0 Å². The van der Waals surface area contributed by atoms with Gasteiger partial charge in [0.1, 0.15) is 5.60 Å². The smallest absolute Gasteiger partial charge is 0.410 e. The molecule has 32 heavy (non-hydrogen) atoms. The van der Waals surface area contributed by atoms with E-state index in [4.69, 9.17) is 4.74 Å². The van der Waals surface area contributed by atoms with E-state index in [2.05, 4.69) is 48.8 Å². The van der Waals surface area contributed by atoms with Gasteiger partial charge < -0.3 is 14.7 Å². The van der Waals surface area contributed by atoms with E-state index in [1.54, 1.807) is 0 Å². The highest BCUT2D eigenvalue weighted by atomic mass is 16.6. The number of hydrogen-bond donors (Lipinski definition) is 1. The standard InChI is InChI=1S/C26H41N3O3/c1-18-7-8-20-21(15-18)23(30)16-22(20)29-14-13-28(17-19(29)2)26(6)9-11-27(12-10-26)24(31)32-25(3,4)5/h7-8,15,19,22-23,30H,9-14,16-17H2,1-6H3/t19-,22?,23-/m0/s1. The van der Waals surface area contributed by atoms with Gasteiger partial charge >= 0.3 is 6.09 Å². The minimum Gasteiger partial charge on any atom is -0.444 e. The van der Waals surface area contributed by atoms with Crippen LogP contribution in [0, 0.1) is 6.92 Å². The van der Waals surface area contributed by atoms with Crippen molar-refractivity contribution in [3.05, 3.63) is 34.9 Å². The van der Waals surface area contributed by atoms with Gasteiger partial charge in [-0.2, -0.15) is 0 Å². The molecule has 178 valence electrons. The van der Waals surface area contributed by atoms with Crippen molar-refractivity contribution >= 4 is 6.09 Å². The van der Waals surface area contributed by atoms with E-state index in [0.717, 1.165) is 57.5 Å². The molecule has 1 aliphatic carbocycles. The topological polar surface area (TPSA) is 56.2 Å². The fourth-order valence-electron chi connectivity index (χ4n) is 5.80. The zero-order valence-electron chi connectivity index (χ0n) is 20.7. The molecule has 2 heterocycles. The molecule has 1 N–H and O–H groups in total. The number of likely N-dealkylation sites (tertiary alicyclic amines) is 1. The second-order valence-corrected chi connectivity index (χ2v) is 11.4. The zero-order chi connectivity index (χ0) is 23.3. The van der Waals surface area contributed by atoms with Crippen molar-refractivity contribution in [1.29, 1.82) is 0 Å². The van der Waals surface area contributed by atoms with E-state index in [0.29, 0.717) is 12.1 Å². The van der Waals surface area contributed by atoms with Gasteiger partial charge in [-0.25, -0.2) is 4.79 Å². The number of aliphatic hydroxyl groups is 1. The summed E-state index contributed by atoms with van der Waals surface area (Å²) in [5.74, 6) is 0. The molecule has 6 nitrogen and oxygen atoms in total. The Hall–Kier alpha value is -1.63. The van der Waals surface area contributed by atoms with Crippen molar-refractivity contribution in [2.24, 2.45) is 0 Å². The molecule has 4 rings (SSSR count). The van der Waals surface area contributed by atoms with Crippen LogP contribution in [-0.4, -0.2) is 75.8 Å². The summed E-state index contributed by atoms with van der Waals surface area (Å²) in [7, 11) is 0. The first-order valence-corrected chi connectivity index (χ1v) is 12.2. The first-order valence-electron chi connectivity index (χ1n) is 12.2. The number of carbonyl (C=O) groups is 1. The average Bonchev–Trinajstić information content (AvgIpc) is 3.02. The second-order valence-electron chi connectivity index (χ2n) is 11.4. The predicted molar refractivity (Wildman–Crippen MR) is 127 cm³/mol. The quantitative estimate of drug-likeness (QED) is 0.740. The summed E-state index contributed by atoms with van der Waals surface area (Å²) in [4.78, 5) is 19.6. The van der Waals surface area contributed by atoms with Crippen molar-refractivity contribution < 1.29 is 14.6 Å². The fraction of sp³-hybridized carbons (Fsp3) is 0.731. The number of piperazine rings is 1. The normalized spacial score (nSPS) is 29.1. The molecule has 6 heteroatoms. The number of fused-ring (bicyclic) bond motifs is 1. The molecule has 1 unspecified atom stereocenters. The molecule has 3 atom stereocenters. The molecule has 1 amide bonds. The van der Waals surface area contributed by atoms with Crippen LogP contribution in [0.2, 0.25) is 0 Å². The second kappa shape index (κ2) is 8.62. The molecule has 0 bridgehead atoms. The lowest BCUT2D eigenvalue weighted by Crippen LogP contribution is -2.62. The third-order valence-corrected chi connectivity index (χ3v) is 7.74. The molecule has 0 saturated carbocycles. The van der Waals surface area contributed by atoms with Crippen LogP contribution in [0.1, 0.15) is 82.7 Å². The first kappa shape index (κ1) is 23.5. The molecular weight excluding hydrogens is 402 g/mol. The Labute approximate surface area is 193 Å². The van der Waals surface area contributed by atoms with E-state index in [1.165, 1.54) is 11.1 Å². The van der Waals surface area contributed by atoms with Crippen LogP contribution in [0.3, 0.4) is 0 Å². The highest BCUT2D eigenvalue weighted by molar-refractivity contribution is 5.68. The van der Waals surface area contributed by atoms with Crippen LogP contribution in [0.25, 0.3) is 0 Å². The number of aliphatic hydroxyl groups excluding tert-OH is 1. The highest BCUT2D eigenvalue weighted by Crippen LogP contribution is 2.44. The van der Waals surface area contributed by atoms with Gasteiger partial charge in [0.15, 0.2) is 0 Å². The zero-order valence-corrected chi connectivity index (χ0v) is 20.7. The minimum absolute atomic E-state index is 0.114. The molecule has 0 spiro atoms. The van der Waals surface area contributed by atoms with Crippen LogP contribution >= 0.6 is 0 Å². The molecule has 0 radical (unpaired) electrons. The summed E-state index contributed by atoms with van der Waals surface area (Å²) in [5, 5.41) is 10.7. The van der Waals surface area contributed by atoms with Gasteiger partial charge in [-0.3, -0.25) is 9.80 Å². The Balaban J connectivity index is 1.37. The van der Waals surface area contributed by atoms with E-state index in [-0.39, 0.29) is 17.7 Å². The molecule has 2 fully saturated rings. The lowest BCUT2D eigenvalue weighted by atomic mass is 9.86. The first-order chi connectivity index (χ1) is 15.0. The summed E-state index contributed by atoms with van der Waals surface area (Å²) in [5.41, 5.74) is 3.30. The molecule has 2 aliphatic heterocycles. The van der Waals surface area contributed by atoms with Gasteiger partial charge in [0.25, 0.3) is 0 Å². The number of benzene rings is 1. The molecule has 3 aliphatic rings. The lowest BCUT2D eigenvalue weighted by Gasteiger charge is -2.52. The SMILES string of the molecule is Cc1ccc2c(c1)[C@@H](O)CC2N1CCN(C2(C)CCN(C(=O)OC(C)(C)C)CC2)C[C@@H]1C. The Morgan fingerprint density at radius 2 is 1.81 bits per heavy atom. The average molecular weight is 444 g/mol. The minimum atomic E-state index is -0.450. The maximum Gasteiger partial charge on any atom is 0.410 e. The van der Waals surface area contributed by atoms with Crippen LogP contribution < -0.4 is 0 Å². The molecular formula is C26H41N3O3. The van der Waals surface area contributed by atoms with E-state index >= 15 is 0 Å². The Kier molecular flexibility index (Phi) is 6.34. The Morgan fingerprint density at radius 1 is 1.12 bits per heavy atom. The third kappa shape index (κ3) is 4.68. The van der Waals surface area contributed by atoms with Crippen LogP contribution in [-0.2, 0) is 4.74 Å². The van der Waals surface area contributed by atoms with Gasteiger partial charge in [0, 0.05) is 50.3 Å². The van der Waals surface area contributed by atoms with Crippen molar-refractivity contribution in [2.45, 2.75) is 90.1 Å². The number of aryl methyl sites for hydroxylation is 1. The number of carbonyl (C=O) groups excluding carboxylic acids is 1. The molecule has 2 saturated heterocycles. The molecule has 1 aromatic rings. The number of amides is 1. The Bertz CT molecular complexity index is 841. The number of hydrogen-bond acceptors (Lipinski definition) is 5. The number of piperidine rings is 1. The molecule has 0 aromatic heterocycles. The summed E-state index contributed by atoms with van der Waals surface area (Å²) in [6, 6.07) is 7.27. The molecule has 1 aromatic carbocycles. The van der Waals surface area contributed by atoms with Gasteiger partial charge in [-0.05, 0) is 71.9 Å². The number of rotatable bonds is 2. The summed E-state index contributed by atoms with van der Waals surface area (Å²) in [6.45, 7) is 17.1. The van der Waals surface area contributed by atoms with Crippen LogP contribution in [0.4, 0.5) is 4.79 Å². The van der Waals surface area contributed by atoms with Gasteiger partial charge in [0.05, 0.1) is 6.10 Å². The van der Waals surface area contributed by atoms with Crippen molar-refractivity contribution in [2.75, 3.05) is 32.7 Å². The van der Waals surface area contributed by atoms with Gasteiger partial charge in [-0.15, -0.1) is 0 Å². The van der Waals surface area contributed by atoms with Crippen molar-refractivity contribution in [3.8, 4) is 0 Å². The third-order valence-electron chi connectivity index (χ3n) is 7.74. The van der Waals surface area contributed by atoms with E-state index in [1.807, 2.05) is 25.7 Å². The van der Waals surface area contributed by atoms with E-state index < -0.39 is 5.60 Å². The maximum absolute atomic E-state index is 12.5. The summed E-state index contributed by atoms with van der Waals surface area (Å²) >= 11 is 0. The highest BCUT2D eigenvalue weighted by Gasteiger charge is 2.43. The monoisotopic (exact) mass is 443 g/mol. The fourth-order valence-corrected chi connectivity index (χ4v) is 5.80. The summed E-state index contributed by atoms with van der Waals surface area (Å²) in [6.07, 6.45) is 2.21. The van der Waals surface area contributed by atoms with E-state index in [9.17, 15) is 9.90 Å². The summed E-state index contributed by atoms with van der Waals surface area (Å²) < 4.78 is 5.57. The maximum atomic E-state index is 12.5. The number of nitrogens with zero attached hydrogens (tertiary/aromatic N) is 3.